The van der Waals surface area contributed by atoms with Gasteiger partial charge in [0.05, 0.1) is 6.54 Å². The highest BCUT2D eigenvalue weighted by Gasteiger charge is 2.28. The first-order valence-corrected chi connectivity index (χ1v) is 8.00. The minimum Gasteiger partial charge on any atom is -0.377 e. The zero-order valence-corrected chi connectivity index (χ0v) is 13.9. The Morgan fingerprint density at radius 1 is 1.23 bits per heavy atom. The second-order valence-corrected chi connectivity index (χ2v) is 6.41. The van der Waals surface area contributed by atoms with E-state index in [1.165, 1.54) is 29.7 Å². The first-order valence-electron chi connectivity index (χ1n) is 8.00. The number of nitrogens with one attached hydrogen (secondary N) is 1. The number of aromatic nitrogens is 1. The molecule has 0 radical (unpaired) electrons. The van der Waals surface area contributed by atoms with Gasteiger partial charge in [0, 0.05) is 28.7 Å². The molecule has 1 saturated carbocycles. The van der Waals surface area contributed by atoms with Crippen molar-refractivity contribution in [3.63, 3.8) is 0 Å². The predicted octanol–water partition coefficient (Wildman–Crippen LogP) is 4.35. The van der Waals surface area contributed by atoms with Gasteiger partial charge in [-0.05, 0) is 63.8 Å². The van der Waals surface area contributed by atoms with Crippen molar-refractivity contribution in [2.45, 2.75) is 46.6 Å². The number of rotatable bonds is 5. The highest BCUT2D eigenvalue weighted by Crippen LogP contribution is 2.38. The third kappa shape index (κ3) is 2.68. The summed E-state index contributed by atoms with van der Waals surface area (Å²) in [5.41, 5.74) is 6.68. The van der Waals surface area contributed by atoms with Crippen LogP contribution in [0.4, 0.5) is 5.69 Å². The number of anilines is 1. The minimum atomic E-state index is 0.168. The molecule has 0 saturated heterocycles. The SMILES string of the molecule is Cc1cccc(NCC(=O)c2cc(C)n(C3CC3)c2C)c1C. The van der Waals surface area contributed by atoms with E-state index >= 15 is 0 Å². The van der Waals surface area contributed by atoms with Crippen LogP contribution in [-0.2, 0) is 0 Å². The van der Waals surface area contributed by atoms with Crippen LogP contribution in [0.25, 0.3) is 0 Å². The van der Waals surface area contributed by atoms with Gasteiger partial charge in [-0.2, -0.15) is 0 Å². The van der Waals surface area contributed by atoms with E-state index in [-0.39, 0.29) is 5.78 Å². The van der Waals surface area contributed by atoms with E-state index in [4.69, 9.17) is 0 Å². The molecule has 0 spiro atoms. The van der Waals surface area contributed by atoms with Crippen LogP contribution < -0.4 is 5.32 Å². The Morgan fingerprint density at radius 2 is 1.95 bits per heavy atom. The van der Waals surface area contributed by atoms with Gasteiger partial charge in [0.15, 0.2) is 5.78 Å². The van der Waals surface area contributed by atoms with Crippen molar-refractivity contribution >= 4 is 11.5 Å². The van der Waals surface area contributed by atoms with Gasteiger partial charge in [0.2, 0.25) is 0 Å². The molecular formula is C19H24N2O. The van der Waals surface area contributed by atoms with Gasteiger partial charge in [0.1, 0.15) is 0 Å². The van der Waals surface area contributed by atoms with Gasteiger partial charge in [0.25, 0.3) is 0 Å². The molecule has 3 heteroatoms. The number of Topliss-reactive ketones (excluding diaryl/α,β-unsaturated/α-hetero) is 1. The number of carbonyl (C=O) groups excluding carboxylic acids is 1. The molecule has 3 rings (SSSR count). The summed E-state index contributed by atoms with van der Waals surface area (Å²) in [6.07, 6.45) is 2.48. The molecule has 1 aromatic carbocycles. The number of hydrogen-bond acceptors (Lipinski definition) is 2. The lowest BCUT2D eigenvalue weighted by Crippen LogP contribution is -2.15. The minimum absolute atomic E-state index is 0.168. The number of nitrogens with zero attached hydrogens (tertiary/aromatic N) is 1. The molecular weight excluding hydrogens is 272 g/mol. The number of ketones is 1. The lowest BCUT2D eigenvalue weighted by molar-refractivity contribution is 0.101. The summed E-state index contributed by atoms with van der Waals surface area (Å²) < 4.78 is 2.32. The van der Waals surface area contributed by atoms with Crippen molar-refractivity contribution in [3.8, 4) is 0 Å². The van der Waals surface area contributed by atoms with E-state index in [2.05, 4.69) is 43.6 Å². The molecule has 0 atom stereocenters. The van der Waals surface area contributed by atoms with Gasteiger partial charge in [-0.3, -0.25) is 4.79 Å². The molecule has 1 aromatic heterocycles. The van der Waals surface area contributed by atoms with Crippen molar-refractivity contribution < 1.29 is 4.79 Å². The zero-order valence-electron chi connectivity index (χ0n) is 13.9. The van der Waals surface area contributed by atoms with Gasteiger partial charge < -0.3 is 9.88 Å². The van der Waals surface area contributed by atoms with Crippen LogP contribution in [0.3, 0.4) is 0 Å². The molecule has 0 amide bonds. The van der Waals surface area contributed by atoms with Gasteiger partial charge in [-0.25, -0.2) is 0 Å². The molecule has 0 unspecified atom stereocenters. The van der Waals surface area contributed by atoms with E-state index in [0.29, 0.717) is 12.6 Å². The van der Waals surface area contributed by atoms with Crippen LogP contribution in [0.5, 0.6) is 0 Å². The van der Waals surface area contributed by atoms with Crippen molar-refractivity contribution in [2.24, 2.45) is 0 Å². The van der Waals surface area contributed by atoms with E-state index in [0.717, 1.165) is 16.9 Å². The average molecular weight is 296 g/mol. The van der Waals surface area contributed by atoms with Crippen LogP contribution in [0.1, 0.15) is 51.8 Å². The molecule has 0 bridgehead atoms. The molecule has 1 aliphatic carbocycles. The van der Waals surface area contributed by atoms with Gasteiger partial charge in [-0.1, -0.05) is 12.1 Å². The summed E-state index contributed by atoms with van der Waals surface area (Å²) in [4.78, 5) is 12.6. The van der Waals surface area contributed by atoms with Gasteiger partial charge >= 0.3 is 0 Å². The van der Waals surface area contributed by atoms with Gasteiger partial charge in [-0.15, -0.1) is 0 Å². The standard InChI is InChI=1S/C19H24N2O/c1-12-6-5-7-18(14(12)3)20-11-19(22)17-10-13(2)21(15(17)4)16-8-9-16/h5-7,10,16,20H,8-9,11H2,1-4H3. The third-order valence-electron chi connectivity index (χ3n) is 4.74. The van der Waals surface area contributed by atoms with E-state index in [9.17, 15) is 4.79 Å². The summed E-state index contributed by atoms with van der Waals surface area (Å²) in [5.74, 6) is 0.168. The fourth-order valence-electron chi connectivity index (χ4n) is 3.17. The molecule has 22 heavy (non-hydrogen) atoms. The Balaban J connectivity index is 1.75. The monoisotopic (exact) mass is 296 g/mol. The highest BCUT2D eigenvalue weighted by atomic mass is 16.1. The van der Waals surface area contributed by atoms with E-state index in [1.54, 1.807) is 0 Å². The predicted molar refractivity (Wildman–Crippen MR) is 90.9 cm³/mol. The van der Waals surface area contributed by atoms with Crippen LogP contribution in [0.2, 0.25) is 0 Å². The second kappa shape index (κ2) is 5.64. The normalized spacial score (nSPS) is 14.2. The quantitative estimate of drug-likeness (QED) is 0.832. The Hall–Kier alpha value is -2.03. The summed E-state index contributed by atoms with van der Waals surface area (Å²) in [6, 6.07) is 8.80. The molecule has 1 heterocycles. The van der Waals surface area contributed by atoms with Crippen molar-refractivity contribution in [3.05, 3.63) is 52.3 Å². The summed E-state index contributed by atoms with van der Waals surface area (Å²) in [5, 5.41) is 3.29. The third-order valence-corrected chi connectivity index (χ3v) is 4.74. The zero-order chi connectivity index (χ0) is 15.9. The Bertz CT molecular complexity index is 723. The topological polar surface area (TPSA) is 34.0 Å². The number of benzene rings is 1. The summed E-state index contributed by atoms with van der Waals surface area (Å²) in [6.45, 7) is 8.68. The van der Waals surface area contributed by atoms with Crippen LogP contribution in [0, 0.1) is 27.7 Å². The molecule has 2 aromatic rings. The van der Waals surface area contributed by atoms with E-state index < -0.39 is 0 Å². The molecule has 1 N–H and O–H groups in total. The average Bonchev–Trinajstić information content (AvgIpc) is 3.26. The molecule has 1 aliphatic rings. The van der Waals surface area contributed by atoms with Crippen molar-refractivity contribution in [1.29, 1.82) is 0 Å². The maximum absolute atomic E-state index is 12.6. The maximum atomic E-state index is 12.6. The first-order chi connectivity index (χ1) is 10.5. The number of hydrogen-bond donors (Lipinski definition) is 1. The smallest absolute Gasteiger partial charge is 0.183 e. The summed E-state index contributed by atoms with van der Waals surface area (Å²) in [7, 11) is 0. The summed E-state index contributed by atoms with van der Waals surface area (Å²) >= 11 is 0. The fraction of sp³-hybridized carbons (Fsp3) is 0.421. The fourth-order valence-corrected chi connectivity index (χ4v) is 3.17. The number of aryl methyl sites for hydroxylation is 2. The second-order valence-electron chi connectivity index (χ2n) is 6.41. The molecule has 1 fully saturated rings. The lowest BCUT2D eigenvalue weighted by Gasteiger charge is -2.11. The molecule has 0 aliphatic heterocycles. The Morgan fingerprint density at radius 3 is 2.64 bits per heavy atom. The Labute approximate surface area is 132 Å². The van der Waals surface area contributed by atoms with Crippen molar-refractivity contribution in [1.82, 2.24) is 4.57 Å². The Kier molecular flexibility index (Phi) is 3.81. The number of carbonyl (C=O) groups is 1. The molecule has 3 nitrogen and oxygen atoms in total. The van der Waals surface area contributed by atoms with Crippen LogP contribution in [0.15, 0.2) is 24.3 Å². The van der Waals surface area contributed by atoms with E-state index in [1.807, 2.05) is 18.2 Å². The highest BCUT2D eigenvalue weighted by molar-refractivity contribution is 6.00. The molecule has 116 valence electrons. The largest absolute Gasteiger partial charge is 0.377 e. The van der Waals surface area contributed by atoms with Crippen LogP contribution >= 0.6 is 0 Å². The lowest BCUT2D eigenvalue weighted by atomic mass is 10.1. The maximum Gasteiger partial charge on any atom is 0.183 e. The first kappa shape index (κ1) is 14.9. The van der Waals surface area contributed by atoms with Crippen molar-refractivity contribution in [2.75, 3.05) is 11.9 Å². The van der Waals surface area contributed by atoms with Crippen LogP contribution in [-0.4, -0.2) is 16.9 Å².